The molecular weight excluding hydrogens is 302 g/mol. The van der Waals surface area contributed by atoms with Gasteiger partial charge in [0.2, 0.25) is 0 Å². The molecule has 0 saturated heterocycles. The van der Waals surface area contributed by atoms with Crippen LogP contribution in [-0.2, 0) is 6.54 Å². The van der Waals surface area contributed by atoms with Crippen molar-refractivity contribution >= 4 is 16.7 Å². The summed E-state index contributed by atoms with van der Waals surface area (Å²) in [5, 5.41) is 4.95. The van der Waals surface area contributed by atoms with Crippen molar-refractivity contribution in [1.29, 1.82) is 0 Å². The van der Waals surface area contributed by atoms with Gasteiger partial charge in [-0.05, 0) is 29.0 Å². The quantitative estimate of drug-likeness (QED) is 0.778. The van der Waals surface area contributed by atoms with Gasteiger partial charge in [0.1, 0.15) is 11.5 Å². The molecule has 0 bridgehead atoms. The predicted octanol–water partition coefficient (Wildman–Crippen LogP) is 3.79. The number of methoxy groups -OCH3 is 2. The van der Waals surface area contributed by atoms with Gasteiger partial charge in [-0.25, -0.2) is 0 Å². The van der Waals surface area contributed by atoms with Gasteiger partial charge in [-0.1, -0.05) is 36.4 Å². The number of fused-ring (bicyclic) bond motifs is 1. The Labute approximate surface area is 141 Å². The second kappa shape index (κ2) is 7.04. The van der Waals surface area contributed by atoms with Gasteiger partial charge in [-0.15, -0.1) is 0 Å². The van der Waals surface area contributed by atoms with Crippen LogP contribution in [0, 0.1) is 0 Å². The minimum atomic E-state index is -0.107. The number of rotatable bonds is 5. The Balaban J connectivity index is 1.80. The number of hydrogen-bond acceptors (Lipinski definition) is 3. The van der Waals surface area contributed by atoms with E-state index in [0.29, 0.717) is 17.9 Å². The van der Waals surface area contributed by atoms with Crippen molar-refractivity contribution in [3.63, 3.8) is 0 Å². The number of hydrogen-bond donors (Lipinski definition) is 1. The summed E-state index contributed by atoms with van der Waals surface area (Å²) in [5.74, 6) is 1.30. The predicted molar refractivity (Wildman–Crippen MR) is 94.7 cm³/mol. The maximum atomic E-state index is 12.6. The summed E-state index contributed by atoms with van der Waals surface area (Å²) in [5.41, 5.74) is 1.56. The zero-order valence-corrected chi connectivity index (χ0v) is 13.7. The van der Waals surface area contributed by atoms with Crippen molar-refractivity contribution in [3.05, 3.63) is 71.8 Å². The first-order valence-electron chi connectivity index (χ1n) is 7.70. The summed E-state index contributed by atoms with van der Waals surface area (Å²) in [6.45, 7) is 0.384. The first-order valence-corrected chi connectivity index (χ1v) is 7.70. The van der Waals surface area contributed by atoms with Crippen LogP contribution in [0.3, 0.4) is 0 Å². The van der Waals surface area contributed by atoms with Crippen molar-refractivity contribution in [2.45, 2.75) is 6.54 Å². The van der Waals surface area contributed by atoms with Crippen LogP contribution in [0.25, 0.3) is 10.8 Å². The van der Waals surface area contributed by atoms with Crippen LogP contribution in [0.2, 0.25) is 0 Å². The van der Waals surface area contributed by atoms with Gasteiger partial charge < -0.3 is 14.8 Å². The number of ether oxygens (including phenoxy) is 2. The van der Waals surface area contributed by atoms with Gasteiger partial charge in [0.25, 0.3) is 5.91 Å². The van der Waals surface area contributed by atoms with E-state index < -0.39 is 0 Å². The zero-order chi connectivity index (χ0) is 16.9. The maximum Gasteiger partial charge on any atom is 0.252 e. The molecule has 0 atom stereocenters. The molecule has 4 nitrogen and oxygen atoms in total. The average Bonchev–Trinajstić information content (AvgIpc) is 2.65. The van der Waals surface area contributed by atoms with Crippen LogP contribution in [0.15, 0.2) is 60.7 Å². The second-order valence-electron chi connectivity index (χ2n) is 5.39. The van der Waals surface area contributed by atoms with E-state index in [1.165, 1.54) is 0 Å². The topological polar surface area (TPSA) is 47.6 Å². The van der Waals surface area contributed by atoms with E-state index in [4.69, 9.17) is 9.47 Å². The lowest BCUT2D eigenvalue weighted by atomic mass is 10.0. The van der Waals surface area contributed by atoms with Gasteiger partial charge in [-0.3, -0.25) is 4.79 Å². The number of nitrogens with one attached hydrogen (secondary N) is 1. The fraction of sp³-hybridized carbons (Fsp3) is 0.150. The van der Waals surface area contributed by atoms with Gasteiger partial charge in [0, 0.05) is 23.7 Å². The zero-order valence-electron chi connectivity index (χ0n) is 13.7. The van der Waals surface area contributed by atoms with Gasteiger partial charge in [0.05, 0.1) is 14.2 Å². The Morgan fingerprint density at radius 2 is 1.75 bits per heavy atom. The summed E-state index contributed by atoms with van der Waals surface area (Å²) < 4.78 is 10.6. The first kappa shape index (κ1) is 15.9. The molecule has 0 radical (unpaired) electrons. The SMILES string of the molecule is COc1ccc(CNC(=O)c2cccc3ccccc23)c(OC)c1. The van der Waals surface area contributed by atoms with Crippen molar-refractivity contribution in [2.24, 2.45) is 0 Å². The van der Waals surface area contributed by atoms with Crippen molar-refractivity contribution in [3.8, 4) is 11.5 Å². The molecule has 0 aliphatic carbocycles. The third-order valence-electron chi connectivity index (χ3n) is 3.97. The Hall–Kier alpha value is -3.01. The number of benzene rings is 3. The minimum Gasteiger partial charge on any atom is -0.497 e. The molecule has 1 N–H and O–H groups in total. The minimum absolute atomic E-state index is 0.107. The molecule has 0 unspecified atom stereocenters. The Morgan fingerprint density at radius 1 is 0.958 bits per heavy atom. The average molecular weight is 321 g/mol. The largest absolute Gasteiger partial charge is 0.497 e. The Bertz CT molecular complexity index is 868. The molecule has 0 aliphatic rings. The van der Waals surface area contributed by atoms with Crippen LogP contribution in [0.1, 0.15) is 15.9 Å². The first-order chi connectivity index (χ1) is 11.7. The molecular formula is C20H19NO3. The molecule has 3 aromatic carbocycles. The summed E-state index contributed by atoms with van der Waals surface area (Å²) in [7, 11) is 3.21. The molecule has 1 amide bonds. The lowest BCUT2D eigenvalue weighted by Crippen LogP contribution is -2.23. The lowest BCUT2D eigenvalue weighted by Gasteiger charge is -2.12. The Morgan fingerprint density at radius 3 is 2.54 bits per heavy atom. The third-order valence-corrected chi connectivity index (χ3v) is 3.97. The van der Waals surface area contributed by atoms with Crippen LogP contribution in [0.4, 0.5) is 0 Å². The molecule has 4 heteroatoms. The van der Waals surface area contributed by atoms with Gasteiger partial charge >= 0.3 is 0 Å². The van der Waals surface area contributed by atoms with Crippen molar-refractivity contribution in [1.82, 2.24) is 5.32 Å². The van der Waals surface area contributed by atoms with E-state index >= 15 is 0 Å². The van der Waals surface area contributed by atoms with E-state index in [1.54, 1.807) is 20.3 Å². The highest BCUT2D eigenvalue weighted by Crippen LogP contribution is 2.25. The van der Waals surface area contributed by atoms with E-state index in [1.807, 2.05) is 54.6 Å². The highest BCUT2D eigenvalue weighted by atomic mass is 16.5. The number of amides is 1. The smallest absolute Gasteiger partial charge is 0.252 e. The summed E-state index contributed by atoms with van der Waals surface area (Å²) >= 11 is 0. The molecule has 0 aliphatic heterocycles. The van der Waals surface area contributed by atoms with Crippen molar-refractivity contribution in [2.75, 3.05) is 14.2 Å². The Kier molecular flexibility index (Phi) is 4.66. The molecule has 24 heavy (non-hydrogen) atoms. The molecule has 0 heterocycles. The summed E-state index contributed by atoms with van der Waals surface area (Å²) in [6.07, 6.45) is 0. The summed E-state index contributed by atoms with van der Waals surface area (Å²) in [6, 6.07) is 19.1. The van der Waals surface area contributed by atoms with Crippen LogP contribution < -0.4 is 14.8 Å². The van der Waals surface area contributed by atoms with Gasteiger partial charge in [0.15, 0.2) is 0 Å². The fourth-order valence-electron chi connectivity index (χ4n) is 2.69. The number of carbonyl (C=O) groups excluding carboxylic acids is 1. The lowest BCUT2D eigenvalue weighted by molar-refractivity contribution is 0.0952. The molecule has 0 fully saturated rings. The van der Waals surface area contributed by atoms with E-state index in [-0.39, 0.29) is 5.91 Å². The van der Waals surface area contributed by atoms with Crippen LogP contribution in [-0.4, -0.2) is 20.1 Å². The third kappa shape index (κ3) is 3.18. The number of carbonyl (C=O) groups is 1. The molecule has 3 rings (SSSR count). The second-order valence-corrected chi connectivity index (χ2v) is 5.39. The molecule has 122 valence electrons. The van der Waals surface area contributed by atoms with Crippen LogP contribution >= 0.6 is 0 Å². The van der Waals surface area contributed by atoms with Crippen molar-refractivity contribution < 1.29 is 14.3 Å². The van der Waals surface area contributed by atoms with E-state index in [2.05, 4.69) is 5.32 Å². The molecule has 0 saturated carbocycles. The summed E-state index contributed by atoms with van der Waals surface area (Å²) in [4.78, 5) is 12.6. The maximum absolute atomic E-state index is 12.6. The van der Waals surface area contributed by atoms with E-state index in [9.17, 15) is 4.79 Å². The van der Waals surface area contributed by atoms with Gasteiger partial charge in [-0.2, -0.15) is 0 Å². The standard InChI is InChI=1S/C20H19NO3/c1-23-16-11-10-15(19(12-16)24-2)13-21-20(22)18-9-5-7-14-6-3-4-8-17(14)18/h3-12H,13H2,1-2H3,(H,21,22). The fourth-order valence-corrected chi connectivity index (χ4v) is 2.69. The van der Waals surface area contributed by atoms with Crippen LogP contribution in [0.5, 0.6) is 11.5 Å². The molecule has 3 aromatic rings. The monoisotopic (exact) mass is 321 g/mol. The molecule has 0 spiro atoms. The highest BCUT2D eigenvalue weighted by molar-refractivity contribution is 6.06. The van der Waals surface area contributed by atoms with E-state index in [0.717, 1.165) is 22.1 Å². The highest BCUT2D eigenvalue weighted by Gasteiger charge is 2.11. The molecule has 0 aromatic heterocycles. The normalized spacial score (nSPS) is 10.4.